The summed E-state index contributed by atoms with van der Waals surface area (Å²) in [5, 5.41) is 0.792. The van der Waals surface area contributed by atoms with Crippen LogP contribution >= 0.6 is 23.1 Å². The predicted octanol–water partition coefficient (Wildman–Crippen LogP) is 3.01. The first-order valence-electron chi connectivity index (χ1n) is 5.03. The number of nitrogens with one attached hydrogen (secondary N) is 1. The van der Waals surface area contributed by atoms with Gasteiger partial charge in [-0.05, 0) is 18.6 Å². The molecule has 0 spiro atoms. The molecule has 84 valence electrons. The maximum absolute atomic E-state index is 11.8. The van der Waals surface area contributed by atoms with E-state index in [-0.39, 0.29) is 5.78 Å². The number of aromatic nitrogens is 2. The second kappa shape index (κ2) is 5.32. The predicted molar refractivity (Wildman–Crippen MR) is 67.3 cm³/mol. The van der Waals surface area contributed by atoms with Crippen molar-refractivity contribution in [2.24, 2.45) is 0 Å². The highest BCUT2D eigenvalue weighted by atomic mass is 32.2. The van der Waals surface area contributed by atoms with Gasteiger partial charge < -0.3 is 4.98 Å². The molecule has 0 fully saturated rings. The summed E-state index contributed by atoms with van der Waals surface area (Å²) < 4.78 is 0. The second-order valence-corrected chi connectivity index (χ2v) is 5.36. The lowest BCUT2D eigenvalue weighted by Gasteiger charge is -1.95. The molecular formula is C11H12N2OS2. The van der Waals surface area contributed by atoms with Gasteiger partial charge in [0.2, 0.25) is 0 Å². The van der Waals surface area contributed by atoms with E-state index in [9.17, 15) is 4.79 Å². The first-order chi connectivity index (χ1) is 7.79. The summed E-state index contributed by atoms with van der Waals surface area (Å²) in [5.41, 5.74) is 0. The van der Waals surface area contributed by atoms with Gasteiger partial charge in [0.25, 0.3) is 0 Å². The Bertz CT molecular complexity index is 462. The van der Waals surface area contributed by atoms with E-state index in [2.05, 4.69) is 16.9 Å². The number of rotatable bonds is 5. The van der Waals surface area contributed by atoms with Gasteiger partial charge in [0, 0.05) is 17.3 Å². The average Bonchev–Trinajstić information content (AvgIpc) is 2.96. The van der Waals surface area contributed by atoms with Crippen molar-refractivity contribution in [3.63, 3.8) is 0 Å². The van der Waals surface area contributed by atoms with Crippen molar-refractivity contribution in [3.05, 3.63) is 34.3 Å². The van der Waals surface area contributed by atoms with E-state index in [1.807, 2.05) is 12.1 Å². The van der Waals surface area contributed by atoms with Crippen LogP contribution in [0.5, 0.6) is 0 Å². The first kappa shape index (κ1) is 11.4. The molecular weight excluding hydrogens is 240 g/mol. The monoisotopic (exact) mass is 252 g/mol. The number of hydrogen-bond donors (Lipinski definition) is 1. The SMILES string of the molecule is CCc1ccc(C(=O)CSc2ncc[nH]2)s1. The fourth-order valence-corrected chi connectivity index (χ4v) is 2.94. The minimum Gasteiger partial charge on any atom is -0.340 e. The van der Waals surface area contributed by atoms with Crippen LogP contribution in [0.3, 0.4) is 0 Å². The van der Waals surface area contributed by atoms with Crippen molar-refractivity contribution in [2.75, 3.05) is 5.75 Å². The summed E-state index contributed by atoms with van der Waals surface area (Å²) >= 11 is 3.02. The Morgan fingerprint density at radius 2 is 2.44 bits per heavy atom. The van der Waals surface area contributed by atoms with Gasteiger partial charge in [-0.25, -0.2) is 4.98 Å². The van der Waals surface area contributed by atoms with E-state index in [0.29, 0.717) is 5.75 Å². The summed E-state index contributed by atoms with van der Waals surface area (Å²) in [4.78, 5) is 20.9. The third kappa shape index (κ3) is 2.74. The number of carbonyl (C=O) groups is 1. The molecule has 5 heteroatoms. The number of imidazole rings is 1. The fourth-order valence-electron chi connectivity index (χ4n) is 1.25. The smallest absolute Gasteiger partial charge is 0.183 e. The van der Waals surface area contributed by atoms with Crippen LogP contribution in [0.1, 0.15) is 21.5 Å². The molecule has 0 aliphatic heterocycles. The minimum absolute atomic E-state index is 0.172. The lowest BCUT2D eigenvalue weighted by Crippen LogP contribution is -1.99. The largest absolute Gasteiger partial charge is 0.340 e. The molecule has 0 aliphatic carbocycles. The van der Waals surface area contributed by atoms with Crippen LogP contribution in [0.25, 0.3) is 0 Å². The van der Waals surface area contributed by atoms with E-state index in [0.717, 1.165) is 16.5 Å². The van der Waals surface area contributed by atoms with Crippen molar-refractivity contribution in [2.45, 2.75) is 18.5 Å². The molecule has 16 heavy (non-hydrogen) atoms. The Hall–Kier alpha value is -1.07. The van der Waals surface area contributed by atoms with Gasteiger partial charge in [-0.3, -0.25) is 4.79 Å². The Balaban J connectivity index is 1.93. The highest BCUT2D eigenvalue weighted by molar-refractivity contribution is 7.99. The van der Waals surface area contributed by atoms with E-state index < -0.39 is 0 Å². The van der Waals surface area contributed by atoms with Gasteiger partial charge in [-0.2, -0.15) is 0 Å². The first-order valence-corrected chi connectivity index (χ1v) is 6.84. The van der Waals surface area contributed by atoms with Gasteiger partial charge >= 0.3 is 0 Å². The molecule has 3 nitrogen and oxygen atoms in total. The number of aryl methyl sites for hydroxylation is 1. The van der Waals surface area contributed by atoms with E-state index in [1.54, 1.807) is 23.7 Å². The van der Waals surface area contributed by atoms with Crippen LogP contribution < -0.4 is 0 Å². The van der Waals surface area contributed by atoms with Crippen LogP contribution in [0.2, 0.25) is 0 Å². The Kier molecular flexibility index (Phi) is 3.79. The zero-order valence-electron chi connectivity index (χ0n) is 8.90. The van der Waals surface area contributed by atoms with E-state index in [4.69, 9.17) is 0 Å². The van der Waals surface area contributed by atoms with E-state index in [1.165, 1.54) is 16.6 Å². The molecule has 0 saturated heterocycles. The summed E-state index contributed by atoms with van der Waals surface area (Å²) in [6.45, 7) is 2.09. The second-order valence-electron chi connectivity index (χ2n) is 3.23. The maximum Gasteiger partial charge on any atom is 0.183 e. The molecule has 0 radical (unpaired) electrons. The number of H-pyrrole nitrogens is 1. The van der Waals surface area contributed by atoms with Crippen LogP contribution in [-0.2, 0) is 6.42 Å². The normalized spacial score (nSPS) is 10.6. The highest BCUT2D eigenvalue weighted by Gasteiger charge is 2.09. The van der Waals surface area contributed by atoms with Crippen molar-refractivity contribution in [1.82, 2.24) is 9.97 Å². The molecule has 1 N–H and O–H groups in total. The number of ketones is 1. The molecule has 2 aromatic rings. The fraction of sp³-hybridized carbons (Fsp3) is 0.273. The van der Waals surface area contributed by atoms with Crippen molar-refractivity contribution >= 4 is 28.9 Å². The molecule has 2 rings (SSSR count). The number of thiophene rings is 1. The third-order valence-corrected chi connectivity index (χ3v) is 4.27. The van der Waals surface area contributed by atoms with Crippen LogP contribution in [0.4, 0.5) is 0 Å². The number of Topliss-reactive ketones (excluding diaryl/α,β-unsaturated/α-hetero) is 1. The van der Waals surface area contributed by atoms with Crippen molar-refractivity contribution < 1.29 is 4.79 Å². The number of thioether (sulfide) groups is 1. The number of nitrogens with zero attached hydrogens (tertiary/aromatic N) is 1. The van der Waals surface area contributed by atoms with Gasteiger partial charge in [0.05, 0.1) is 10.6 Å². The zero-order chi connectivity index (χ0) is 11.4. The average molecular weight is 252 g/mol. The van der Waals surface area contributed by atoms with Gasteiger partial charge in [0.1, 0.15) is 0 Å². The molecule has 0 amide bonds. The van der Waals surface area contributed by atoms with Crippen molar-refractivity contribution in [1.29, 1.82) is 0 Å². The van der Waals surface area contributed by atoms with Gasteiger partial charge in [0.15, 0.2) is 10.9 Å². The zero-order valence-corrected chi connectivity index (χ0v) is 10.5. The van der Waals surface area contributed by atoms with Gasteiger partial charge in [-0.15, -0.1) is 11.3 Å². The minimum atomic E-state index is 0.172. The van der Waals surface area contributed by atoms with Crippen molar-refractivity contribution in [3.8, 4) is 0 Å². The van der Waals surface area contributed by atoms with Gasteiger partial charge in [-0.1, -0.05) is 18.7 Å². The molecule has 0 atom stereocenters. The quantitative estimate of drug-likeness (QED) is 0.657. The molecule has 0 aromatic carbocycles. The number of aromatic amines is 1. The Labute approximate surface area is 102 Å². The van der Waals surface area contributed by atoms with E-state index >= 15 is 0 Å². The molecule has 0 aliphatic rings. The molecule has 0 saturated carbocycles. The maximum atomic E-state index is 11.8. The Morgan fingerprint density at radius 3 is 3.06 bits per heavy atom. The summed E-state index contributed by atoms with van der Waals surface area (Å²) in [5.74, 6) is 0.614. The molecule has 2 aromatic heterocycles. The summed E-state index contributed by atoms with van der Waals surface area (Å²) in [7, 11) is 0. The number of carbonyl (C=O) groups excluding carboxylic acids is 1. The number of hydrogen-bond acceptors (Lipinski definition) is 4. The summed E-state index contributed by atoms with van der Waals surface area (Å²) in [6.07, 6.45) is 4.43. The topological polar surface area (TPSA) is 45.8 Å². The Morgan fingerprint density at radius 1 is 1.56 bits per heavy atom. The molecule has 2 heterocycles. The van der Waals surface area contributed by atoms with Crippen LogP contribution in [0.15, 0.2) is 29.7 Å². The molecule has 0 bridgehead atoms. The lowest BCUT2D eigenvalue weighted by molar-refractivity contribution is 0.102. The highest BCUT2D eigenvalue weighted by Crippen LogP contribution is 2.20. The molecule has 0 unspecified atom stereocenters. The van der Waals surface area contributed by atoms with Crippen LogP contribution in [0, 0.1) is 0 Å². The third-order valence-electron chi connectivity index (χ3n) is 2.10. The van der Waals surface area contributed by atoms with Crippen LogP contribution in [-0.4, -0.2) is 21.5 Å². The lowest BCUT2D eigenvalue weighted by atomic mass is 10.3. The summed E-state index contributed by atoms with van der Waals surface area (Å²) in [6, 6.07) is 3.93. The standard InChI is InChI=1S/C11H12N2OS2/c1-2-8-3-4-10(16-8)9(14)7-15-11-12-5-6-13-11/h3-6H,2,7H2,1H3,(H,12,13).